The lowest BCUT2D eigenvalue weighted by atomic mass is 10.1. The summed E-state index contributed by atoms with van der Waals surface area (Å²) in [6.45, 7) is 2.94. The van der Waals surface area contributed by atoms with Crippen LogP contribution in [0.4, 0.5) is 0 Å². The van der Waals surface area contributed by atoms with Gasteiger partial charge in [0.2, 0.25) is 0 Å². The van der Waals surface area contributed by atoms with Gasteiger partial charge in [0.1, 0.15) is 5.75 Å². The second-order valence-corrected chi connectivity index (χ2v) is 7.34. The molecule has 3 aromatic rings. The SMILES string of the molecule is COc1cccc(Cn2[nH]c3c(c2=O)CCN(Cc2cccc(Cl)c2)C3)c1. The molecular formula is C21H22ClN3O2. The van der Waals surface area contributed by atoms with Crippen molar-refractivity contribution in [3.63, 3.8) is 0 Å². The fourth-order valence-corrected chi connectivity index (χ4v) is 3.84. The van der Waals surface area contributed by atoms with Crippen molar-refractivity contribution in [1.29, 1.82) is 0 Å². The van der Waals surface area contributed by atoms with E-state index in [4.69, 9.17) is 16.3 Å². The fourth-order valence-electron chi connectivity index (χ4n) is 3.63. The third-order valence-electron chi connectivity index (χ3n) is 4.97. The number of aromatic amines is 1. The van der Waals surface area contributed by atoms with Gasteiger partial charge in [-0.1, -0.05) is 35.9 Å². The highest BCUT2D eigenvalue weighted by atomic mass is 35.5. The molecule has 0 atom stereocenters. The van der Waals surface area contributed by atoms with E-state index in [9.17, 15) is 4.79 Å². The Morgan fingerprint density at radius 1 is 1.11 bits per heavy atom. The Bertz CT molecular complexity index is 1010. The highest BCUT2D eigenvalue weighted by molar-refractivity contribution is 6.30. The molecule has 1 aliphatic rings. The molecule has 2 aromatic carbocycles. The van der Waals surface area contributed by atoms with Crippen molar-refractivity contribution in [2.45, 2.75) is 26.1 Å². The van der Waals surface area contributed by atoms with Gasteiger partial charge in [0.15, 0.2) is 0 Å². The smallest absolute Gasteiger partial charge is 0.270 e. The van der Waals surface area contributed by atoms with Crippen LogP contribution in [0.5, 0.6) is 5.75 Å². The van der Waals surface area contributed by atoms with E-state index in [1.807, 2.05) is 42.5 Å². The van der Waals surface area contributed by atoms with E-state index in [0.29, 0.717) is 6.54 Å². The molecule has 0 unspecified atom stereocenters. The number of H-pyrrole nitrogens is 1. The molecule has 6 heteroatoms. The number of aromatic nitrogens is 2. The zero-order chi connectivity index (χ0) is 18.8. The molecule has 1 N–H and O–H groups in total. The first kappa shape index (κ1) is 17.9. The highest BCUT2D eigenvalue weighted by Crippen LogP contribution is 2.19. The Labute approximate surface area is 163 Å². The monoisotopic (exact) mass is 383 g/mol. The van der Waals surface area contributed by atoms with E-state index >= 15 is 0 Å². The van der Waals surface area contributed by atoms with Gasteiger partial charge in [-0.05, 0) is 41.8 Å². The lowest BCUT2D eigenvalue weighted by Gasteiger charge is -2.26. The van der Waals surface area contributed by atoms with Crippen molar-refractivity contribution in [3.8, 4) is 5.75 Å². The minimum atomic E-state index is 0.0789. The Morgan fingerprint density at radius 3 is 2.67 bits per heavy atom. The topological polar surface area (TPSA) is 50.3 Å². The quantitative estimate of drug-likeness (QED) is 0.734. The standard InChI is InChI=1S/C21H22ClN3O2/c1-27-18-7-3-5-16(11-18)13-25-21(26)19-8-9-24(14-20(19)23-25)12-15-4-2-6-17(22)10-15/h2-7,10-11,23H,8-9,12-14H2,1H3. The Balaban J connectivity index is 1.51. The molecule has 0 amide bonds. The molecule has 0 radical (unpaired) electrons. The summed E-state index contributed by atoms with van der Waals surface area (Å²) < 4.78 is 6.97. The predicted molar refractivity (Wildman–Crippen MR) is 106 cm³/mol. The molecule has 27 heavy (non-hydrogen) atoms. The molecule has 2 heterocycles. The van der Waals surface area contributed by atoms with Crippen molar-refractivity contribution in [3.05, 3.63) is 86.3 Å². The van der Waals surface area contributed by atoms with E-state index in [1.165, 1.54) is 5.56 Å². The summed E-state index contributed by atoms with van der Waals surface area (Å²) in [6, 6.07) is 15.7. The number of rotatable bonds is 5. The second-order valence-electron chi connectivity index (χ2n) is 6.90. The van der Waals surface area contributed by atoms with Gasteiger partial charge in [-0.2, -0.15) is 0 Å². The van der Waals surface area contributed by atoms with Crippen LogP contribution in [-0.4, -0.2) is 28.3 Å². The maximum Gasteiger partial charge on any atom is 0.270 e. The van der Waals surface area contributed by atoms with Gasteiger partial charge in [0.25, 0.3) is 5.56 Å². The number of hydrogen-bond donors (Lipinski definition) is 1. The van der Waals surface area contributed by atoms with Crippen LogP contribution in [0.15, 0.2) is 53.3 Å². The van der Waals surface area contributed by atoms with E-state index in [-0.39, 0.29) is 5.56 Å². The van der Waals surface area contributed by atoms with E-state index < -0.39 is 0 Å². The molecule has 0 aliphatic carbocycles. The Morgan fingerprint density at radius 2 is 1.89 bits per heavy atom. The number of methoxy groups -OCH3 is 1. The summed E-state index contributed by atoms with van der Waals surface area (Å²) in [5, 5.41) is 4.06. The summed E-state index contributed by atoms with van der Waals surface area (Å²) >= 11 is 6.09. The van der Waals surface area contributed by atoms with Crippen LogP contribution in [0.2, 0.25) is 5.02 Å². The molecule has 5 nitrogen and oxygen atoms in total. The number of fused-ring (bicyclic) bond motifs is 1. The lowest BCUT2D eigenvalue weighted by molar-refractivity contribution is 0.242. The van der Waals surface area contributed by atoms with Gasteiger partial charge in [-0.25, -0.2) is 4.68 Å². The van der Waals surface area contributed by atoms with Gasteiger partial charge in [-0.15, -0.1) is 0 Å². The highest BCUT2D eigenvalue weighted by Gasteiger charge is 2.22. The van der Waals surface area contributed by atoms with Gasteiger partial charge in [0.05, 0.1) is 19.3 Å². The summed E-state index contributed by atoms with van der Waals surface area (Å²) in [5.41, 5.74) is 4.21. The van der Waals surface area contributed by atoms with Gasteiger partial charge < -0.3 is 4.74 Å². The zero-order valence-electron chi connectivity index (χ0n) is 15.2. The maximum atomic E-state index is 12.7. The predicted octanol–water partition coefficient (Wildman–Crippen LogP) is 3.45. The van der Waals surface area contributed by atoms with Crippen LogP contribution >= 0.6 is 11.6 Å². The van der Waals surface area contributed by atoms with Gasteiger partial charge in [-0.3, -0.25) is 14.8 Å². The second kappa shape index (κ2) is 7.62. The van der Waals surface area contributed by atoms with Crippen LogP contribution in [0.25, 0.3) is 0 Å². The first-order valence-electron chi connectivity index (χ1n) is 9.02. The van der Waals surface area contributed by atoms with Gasteiger partial charge >= 0.3 is 0 Å². The maximum absolute atomic E-state index is 12.7. The first-order valence-corrected chi connectivity index (χ1v) is 9.40. The van der Waals surface area contributed by atoms with E-state index in [0.717, 1.165) is 53.6 Å². The molecule has 0 bridgehead atoms. The van der Waals surface area contributed by atoms with Crippen molar-refractivity contribution in [1.82, 2.24) is 14.7 Å². The van der Waals surface area contributed by atoms with Crippen molar-refractivity contribution < 1.29 is 4.74 Å². The number of ether oxygens (including phenoxy) is 1. The summed E-state index contributed by atoms with van der Waals surface area (Å²) in [7, 11) is 1.65. The molecular weight excluding hydrogens is 362 g/mol. The number of benzene rings is 2. The van der Waals surface area contributed by atoms with Crippen molar-refractivity contribution in [2.75, 3.05) is 13.7 Å². The number of hydrogen-bond acceptors (Lipinski definition) is 3. The molecule has 1 aromatic heterocycles. The molecule has 1 aliphatic heterocycles. The summed E-state index contributed by atoms with van der Waals surface area (Å²) in [6.07, 6.45) is 0.760. The minimum Gasteiger partial charge on any atom is -0.497 e. The molecule has 0 fully saturated rings. The molecule has 0 spiro atoms. The number of nitrogens with one attached hydrogen (secondary N) is 1. The third-order valence-corrected chi connectivity index (χ3v) is 5.20. The van der Waals surface area contributed by atoms with Crippen LogP contribution in [0, 0.1) is 0 Å². The third kappa shape index (κ3) is 3.94. The van der Waals surface area contributed by atoms with E-state index in [2.05, 4.69) is 16.1 Å². The number of halogens is 1. The largest absolute Gasteiger partial charge is 0.497 e. The van der Waals surface area contributed by atoms with E-state index in [1.54, 1.807) is 11.8 Å². The van der Waals surface area contributed by atoms with Crippen LogP contribution in [-0.2, 0) is 26.1 Å². The van der Waals surface area contributed by atoms with Crippen LogP contribution in [0.1, 0.15) is 22.4 Å². The fraction of sp³-hybridized carbons (Fsp3) is 0.286. The Hall–Kier alpha value is -2.50. The zero-order valence-corrected chi connectivity index (χ0v) is 16.0. The summed E-state index contributed by atoms with van der Waals surface area (Å²) in [5.74, 6) is 0.796. The molecule has 0 saturated heterocycles. The number of nitrogens with zero attached hydrogens (tertiary/aromatic N) is 2. The minimum absolute atomic E-state index is 0.0789. The van der Waals surface area contributed by atoms with Crippen molar-refractivity contribution >= 4 is 11.6 Å². The molecule has 4 rings (SSSR count). The van der Waals surface area contributed by atoms with Crippen molar-refractivity contribution in [2.24, 2.45) is 0 Å². The van der Waals surface area contributed by atoms with Crippen LogP contribution in [0.3, 0.4) is 0 Å². The normalized spacial score (nSPS) is 14.1. The lowest BCUT2D eigenvalue weighted by Crippen LogP contribution is -2.31. The summed E-state index contributed by atoms with van der Waals surface area (Å²) in [4.78, 5) is 15.1. The average molecular weight is 384 g/mol. The molecule has 0 saturated carbocycles. The molecule has 140 valence electrons. The first-order chi connectivity index (χ1) is 13.1. The van der Waals surface area contributed by atoms with Crippen LogP contribution < -0.4 is 10.3 Å². The Kier molecular flexibility index (Phi) is 5.05. The average Bonchev–Trinajstić information content (AvgIpc) is 2.97. The van der Waals surface area contributed by atoms with Gasteiger partial charge in [0, 0.05) is 30.2 Å².